The van der Waals surface area contributed by atoms with Gasteiger partial charge in [0.05, 0.1) is 20.8 Å². The molecule has 10 heteroatoms. The normalized spacial score (nSPS) is 11.8. The monoisotopic (exact) mass is 287 g/mol. The minimum atomic E-state index is -1.03. The molecule has 0 N–H and O–H groups in total. The van der Waals surface area contributed by atoms with Crippen molar-refractivity contribution in [3.63, 3.8) is 0 Å². The Morgan fingerprint density at radius 2 is 1.79 bits per heavy atom. The zero-order chi connectivity index (χ0) is 14.6. The summed E-state index contributed by atoms with van der Waals surface area (Å²) in [6, 6.07) is 3.05. The standard InChI is InChI=1S/C9H9N3O6S/c1-2-9(12(17)18)19-8-4-3-6(10(13)14)5-7(8)11(15)16/h3-5,9H,2H2,1H3. The number of benzene rings is 1. The van der Waals surface area contributed by atoms with Crippen molar-refractivity contribution in [3.8, 4) is 0 Å². The summed E-state index contributed by atoms with van der Waals surface area (Å²) in [7, 11) is 0. The highest BCUT2D eigenvalue weighted by Gasteiger charge is 2.26. The van der Waals surface area contributed by atoms with Crippen molar-refractivity contribution in [3.05, 3.63) is 48.5 Å². The fourth-order valence-corrected chi connectivity index (χ4v) is 2.23. The molecule has 0 radical (unpaired) electrons. The summed E-state index contributed by atoms with van der Waals surface area (Å²) in [4.78, 5) is 30.0. The highest BCUT2D eigenvalue weighted by molar-refractivity contribution is 7.99. The first kappa shape index (κ1) is 14.8. The van der Waals surface area contributed by atoms with Crippen molar-refractivity contribution < 1.29 is 14.8 Å². The first-order valence-corrected chi connectivity index (χ1v) is 5.97. The highest BCUT2D eigenvalue weighted by Crippen LogP contribution is 2.35. The molecule has 19 heavy (non-hydrogen) atoms. The summed E-state index contributed by atoms with van der Waals surface area (Å²) >= 11 is 0.709. The Balaban J connectivity index is 3.16. The minimum Gasteiger partial charge on any atom is -0.263 e. The number of hydrogen-bond acceptors (Lipinski definition) is 7. The number of hydrogen-bond donors (Lipinski definition) is 0. The van der Waals surface area contributed by atoms with Crippen LogP contribution in [-0.4, -0.2) is 20.1 Å². The molecule has 1 aromatic carbocycles. The molecule has 0 aromatic heterocycles. The summed E-state index contributed by atoms with van der Waals surface area (Å²) in [5, 5.41) is 31.0. The third-order valence-corrected chi connectivity index (χ3v) is 3.57. The molecule has 0 aliphatic rings. The van der Waals surface area contributed by atoms with Gasteiger partial charge in [-0.15, -0.1) is 0 Å². The van der Waals surface area contributed by atoms with E-state index in [0.29, 0.717) is 11.8 Å². The molecule has 0 saturated carbocycles. The number of nitro groups is 3. The molecule has 102 valence electrons. The van der Waals surface area contributed by atoms with E-state index in [1.54, 1.807) is 6.92 Å². The lowest BCUT2D eigenvalue weighted by Gasteiger charge is -2.06. The van der Waals surface area contributed by atoms with E-state index in [2.05, 4.69) is 0 Å². The Kier molecular flexibility index (Phi) is 4.75. The molecule has 0 aliphatic heterocycles. The van der Waals surface area contributed by atoms with Crippen molar-refractivity contribution in [2.45, 2.75) is 23.6 Å². The number of rotatable bonds is 6. The molecule has 9 nitrogen and oxygen atoms in total. The van der Waals surface area contributed by atoms with Crippen LogP contribution in [0, 0.1) is 30.3 Å². The summed E-state index contributed by atoms with van der Waals surface area (Å²) in [6.45, 7) is 1.58. The zero-order valence-corrected chi connectivity index (χ0v) is 10.5. The Labute approximate surface area is 111 Å². The summed E-state index contributed by atoms with van der Waals surface area (Å²) in [5.41, 5.74) is -0.926. The predicted octanol–water partition coefficient (Wildman–Crippen LogP) is 2.61. The fraction of sp³-hybridized carbons (Fsp3) is 0.333. The van der Waals surface area contributed by atoms with E-state index in [1.807, 2.05) is 0 Å². The molecular weight excluding hydrogens is 278 g/mol. The molecule has 0 aliphatic carbocycles. The van der Waals surface area contributed by atoms with E-state index >= 15 is 0 Å². The molecule has 0 fully saturated rings. The molecule has 0 spiro atoms. The van der Waals surface area contributed by atoms with Crippen LogP contribution in [0.15, 0.2) is 23.1 Å². The van der Waals surface area contributed by atoms with Crippen LogP contribution in [0.2, 0.25) is 0 Å². The van der Waals surface area contributed by atoms with Crippen molar-refractivity contribution >= 4 is 23.1 Å². The molecule has 1 rings (SSSR count). The van der Waals surface area contributed by atoms with Crippen LogP contribution in [-0.2, 0) is 0 Å². The van der Waals surface area contributed by atoms with Crippen molar-refractivity contribution in [2.24, 2.45) is 0 Å². The van der Waals surface area contributed by atoms with Crippen LogP contribution in [0.25, 0.3) is 0 Å². The summed E-state index contributed by atoms with van der Waals surface area (Å²) in [5.74, 6) is 0. The number of non-ortho nitro benzene ring substituents is 1. The number of nitrogens with zero attached hydrogens (tertiary/aromatic N) is 3. The Bertz CT molecular complexity index is 535. The van der Waals surface area contributed by atoms with Crippen LogP contribution in [0.1, 0.15) is 13.3 Å². The van der Waals surface area contributed by atoms with Crippen molar-refractivity contribution in [2.75, 3.05) is 0 Å². The largest absolute Gasteiger partial charge is 0.289 e. The van der Waals surface area contributed by atoms with Gasteiger partial charge >= 0.3 is 0 Å². The van der Waals surface area contributed by atoms with Crippen LogP contribution in [0.4, 0.5) is 11.4 Å². The third-order valence-electron chi connectivity index (χ3n) is 2.20. The average molecular weight is 287 g/mol. The second kappa shape index (κ2) is 6.09. The molecule has 0 saturated heterocycles. The van der Waals surface area contributed by atoms with Gasteiger partial charge < -0.3 is 0 Å². The smallest absolute Gasteiger partial charge is 0.263 e. The summed E-state index contributed by atoms with van der Waals surface area (Å²) < 4.78 is 0. The molecule has 0 bridgehead atoms. The van der Waals surface area contributed by atoms with Gasteiger partial charge in [-0.2, -0.15) is 0 Å². The van der Waals surface area contributed by atoms with Gasteiger partial charge in [-0.3, -0.25) is 30.3 Å². The van der Waals surface area contributed by atoms with E-state index in [0.717, 1.165) is 18.2 Å². The van der Waals surface area contributed by atoms with Gasteiger partial charge in [-0.05, 0) is 17.8 Å². The fourth-order valence-electron chi connectivity index (χ4n) is 1.28. The SMILES string of the molecule is CCC(Sc1ccc([N+](=O)[O-])cc1[N+](=O)[O-])[N+](=O)[O-]. The third kappa shape index (κ3) is 3.61. The molecule has 1 aromatic rings. The van der Waals surface area contributed by atoms with Crippen molar-refractivity contribution in [1.82, 2.24) is 0 Å². The molecule has 0 heterocycles. The van der Waals surface area contributed by atoms with Crippen molar-refractivity contribution in [1.29, 1.82) is 0 Å². The van der Waals surface area contributed by atoms with Crippen LogP contribution in [0.3, 0.4) is 0 Å². The maximum Gasteiger partial charge on any atom is 0.289 e. The Hall–Kier alpha value is -2.23. The lowest BCUT2D eigenvalue weighted by atomic mass is 10.3. The van der Waals surface area contributed by atoms with Crippen LogP contribution >= 0.6 is 11.8 Å². The molecule has 1 atom stereocenters. The van der Waals surface area contributed by atoms with Gasteiger partial charge in [0, 0.05) is 17.4 Å². The van der Waals surface area contributed by atoms with E-state index in [9.17, 15) is 30.3 Å². The van der Waals surface area contributed by atoms with Gasteiger partial charge in [0.25, 0.3) is 16.7 Å². The average Bonchev–Trinajstić information content (AvgIpc) is 2.35. The Morgan fingerprint density at radius 3 is 2.21 bits per heavy atom. The second-order valence-electron chi connectivity index (χ2n) is 3.43. The molecule has 1 unspecified atom stereocenters. The number of thioether (sulfide) groups is 1. The number of nitro benzene ring substituents is 2. The quantitative estimate of drug-likeness (QED) is 0.340. The summed E-state index contributed by atoms with van der Waals surface area (Å²) in [6.07, 6.45) is 0.186. The predicted molar refractivity (Wildman–Crippen MR) is 66.7 cm³/mol. The van der Waals surface area contributed by atoms with E-state index < -0.39 is 31.5 Å². The Morgan fingerprint density at radius 1 is 1.16 bits per heavy atom. The maximum atomic E-state index is 10.8. The molecule has 0 amide bonds. The highest BCUT2D eigenvalue weighted by atomic mass is 32.2. The lowest BCUT2D eigenvalue weighted by molar-refractivity contribution is -0.495. The first-order valence-electron chi connectivity index (χ1n) is 5.09. The van der Waals surface area contributed by atoms with E-state index in [4.69, 9.17) is 0 Å². The lowest BCUT2D eigenvalue weighted by Crippen LogP contribution is -2.13. The van der Waals surface area contributed by atoms with Gasteiger partial charge in [-0.1, -0.05) is 6.92 Å². The minimum absolute atomic E-state index is 0.0409. The van der Waals surface area contributed by atoms with Gasteiger partial charge in [0.2, 0.25) is 0 Å². The van der Waals surface area contributed by atoms with Gasteiger partial charge in [0.15, 0.2) is 0 Å². The van der Waals surface area contributed by atoms with Gasteiger partial charge in [-0.25, -0.2) is 0 Å². The first-order chi connectivity index (χ1) is 8.86. The van der Waals surface area contributed by atoms with Crippen LogP contribution < -0.4 is 0 Å². The zero-order valence-electron chi connectivity index (χ0n) is 9.72. The van der Waals surface area contributed by atoms with E-state index in [-0.39, 0.29) is 11.3 Å². The second-order valence-corrected chi connectivity index (χ2v) is 4.65. The van der Waals surface area contributed by atoms with Crippen LogP contribution in [0.5, 0.6) is 0 Å². The van der Waals surface area contributed by atoms with E-state index in [1.165, 1.54) is 0 Å². The van der Waals surface area contributed by atoms with Gasteiger partial charge in [0.1, 0.15) is 0 Å². The molecular formula is C9H9N3O6S. The topological polar surface area (TPSA) is 129 Å². The maximum absolute atomic E-state index is 10.8.